The highest BCUT2D eigenvalue weighted by Gasteiger charge is 2.26. The second-order valence-electron chi connectivity index (χ2n) is 5.61. The molecule has 5 heteroatoms. The van der Waals surface area contributed by atoms with Crippen LogP contribution in [-0.2, 0) is 14.3 Å². The van der Waals surface area contributed by atoms with E-state index in [0.29, 0.717) is 26.3 Å². The molecule has 0 aromatic heterocycles. The summed E-state index contributed by atoms with van der Waals surface area (Å²) in [6.07, 6.45) is 1.74. The fourth-order valence-electron chi connectivity index (χ4n) is 3.03. The summed E-state index contributed by atoms with van der Waals surface area (Å²) in [6.45, 7) is 2.69. The van der Waals surface area contributed by atoms with Gasteiger partial charge in [0.2, 0.25) is 5.91 Å². The first-order chi connectivity index (χ1) is 10.3. The van der Waals surface area contributed by atoms with Crippen molar-refractivity contribution in [1.29, 1.82) is 0 Å². The summed E-state index contributed by atoms with van der Waals surface area (Å²) in [4.78, 5) is 13.9. The summed E-state index contributed by atoms with van der Waals surface area (Å²) in [5.74, 6) is 0.0469. The van der Waals surface area contributed by atoms with Gasteiger partial charge in [0, 0.05) is 19.1 Å². The van der Waals surface area contributed by atoms with Crippen molar-refractivity contribution < 1.29 is 14.3 Å². The number of hydrogen-bond acceptors (Lipinski definition) is 4. The van der Waals surface area contributed by atoms with Gasteiger partial charge in [0.1, 0.15) is 6.61 Å². The first kappa shape index (κ1) is 14.5. The van der Waals surface area contributed by atoms with E-state index in [1.165, 1.54) is 0 Å². The van der Waals surface area contributed by atoms with Crippen LogP contribution in [0, 0.1) is 0 Å². The molecule has 1 amide bonds. The summed E-state index contributed by atoms with van der Waals surface area (Å²) >= 11 is 0. The molecule has 1 aromatic rings. The Labute approximate surface area is 125 Å². The molecule has 1 aromatic carbocycles. The molecule has 0 radical (unpaired) electrons. The summed E-state index contributed by atoms with van der Waals surface area (Å²) < 4.78 is 11.1. The predicted octanol–water partition coefficient (Wildman–Crippen LogP) is 1.40. The maximum atomic E-state index is 12.1. The van der Waals surface area contributed by atoms with E-state index in [4.69, 9.17) is 15.2 Å². The first-order valence-electron chi connectivity index (χ1n) is 7.57. The normalized spacial score (nSPS) is 25.5. The van der Waals surface area contributed by atoms with Crippen LogP contribution in [0.3, 0.4) is 0 Å². The maximum absolute atomic E-state index is 12.1. The molecule has 1 heterocycles. The van der Waals surface area contributed by atoms with E-state index in [1.54, 1.807) is 0 Å². The Hall–Kier alpha value is -1.43. The van der Waals surface area contributed by atoms with Gasteiger partial charge in [-0.3, -0.25) is 4.79 Å². The molecule has 0 saturated carbocycles. The molecule has 2 aliphatic rings. The van der Waals surface area contributed by atoms with Gasteiger partial charge in [-0.15, -0.1) is 0 Å². The van der Waals surface area contributed by atoms with Crippen LogP contribution in [0.15, 0.2) is 24.3 Å². The number of carbonyl (C=O) groups is 1. The Morgan fingerprint density at radius 2 is 1.95 bits per heavy atom. The number of benzene rings is 1. The molecular formula is C16H22N2O3. The quantitative estimate of drug-likeness (QED) is 0.914. The molecule has 1 aliphatic heterocycles. The minimum Gasteiger partial charge on any atom is -0.378 e. The molecule has 2 atom stereocenters. The molecule has 3 rings (SSSR count). The molecular weight excluding hydrogens is 268 g/mol. The molecule has 0 bridgehead atoms. The van der Waals surface area contributed by atoms with E-state index in [1.807, 2.05) is 17.0 Å². The monoisotopic (exact) mass is 290 g/mol. The molecule has 0 unspecified atom stereocenters. The van der Waals surface area contributed by atoms with Crippen LogP contribution in [0.2, 0.25) is 0 Å². The molecule has 5 nitrogen and oxygen atoms in total. The van der Waals surface area contributed by atoms with Crippen LogP contribution in [0.4, 0.5) is 0 Å². The summed E-state index contributed by atoms with van der Waals surface area (Å²) in [5.41, 5.74) is 8.41. The Morgan fingerprint density at radius 1 is 1.24 bits per heavy atom. The van der Waals surface area contributed by atoms with E-state index in [9.17, 15) is 4.79 Å². The van der Waals surface area contributed by atoms with Gasteiger partial charge >= 0.3 is 0 Å². The number of amides is 1. The Morgan fingerprint density at radius 3 is 2.71 bits per heavy atom. The second-order valence-corrected chi connectivity index (χ2v) is 5.61. The zero-order valence-corrected chi connectivity index (χ0v) is 12.2. The van der Waals surface area contributed by atoms with Crippen LogP contribution >= 0.6 is 0 Å². The zero-order chi connectivity index (χ0) is 14.7. The number of nitrogens with two attached hydrogens (primary N) is 1. The lowest BCUT2D eigenvalue weighted by molar-refractivity contribution is -0.142. The van der Waals surface area contributed by atoms with Crippen molar-refractivity contribution in [3.8, 4) is 0 Å². The Kier molecular flexibility index (Phi) is 4.53. The number of rotatable bonds is 3. The Bertz CT molecular complexity index is 500. The average molecular weight is 290 g/mol. The summed E-state index contributed by atoms with van der Waals surface area (Å²) in [6, 6.07) is 8.19. The second kappa shape index (κ2) is 6.56. The van der Waals surface area contributed by atoms with Crippen molar-refractivity contribution >= 4 is 5.91 Å². The van der Waals surface area contributed by atoms with Crippen LogP contribution in [0.5, 0.6) is 0 Å². The van der Waals surface area contributed by atoms with Gasteiger partial charge in [-0.05, 0) is 24.0 Å². The molecule has 21 heavy (non-hydrogen) atoms. The highest BCUT2D eigenvalue weighted by Crippen LogP contribution is 2.36. The molecule has 0 spiro atoms. The fourth-order valence-corrected chi connectivity index (χ4v) is 3.03. The first-order valence-corrected chi connectivity index (χ1v) is 7.57. The number of hydrogen-bond donors (Lipinski definition) is 1. The maximum Gasteiger partial charge on any atom is 0.248 e. The minimum atomic E-state index is -0.0222. The number of ether oxygens (including phenoxy) is 2. The van der Waals surface area contributed by atoms with Crippen molar-refractivity contribution in [1.82, 2.24) is 4.90 Å². The molecule has 114 valence electrons. The van der Waals surface area contributed by atoms with E-state index in [-0.39, 0.29) is 24.7 Å². The lowest BCUT2D eigenvalue weighted by atomic mass is 9.86. The third-order valence-corrected chi connectivity index (χ3v) is 4.25. The predicted molar refractivity (Wildman–Crippen MR) is 78.7 cm³/mol. The SMILES string of the molecule is N[C@H]1CC[C@@H](OCC(=O)N2CCOCC2)c2ccccc21. The molecule has 2 N–H and O–H groups in total. The van der Waals surface area contributed by atoms with Crippen molar-refractivity contribution in [2.75, 3.05) is 32.9 Å². The van der Waals surface area contributed by atoms with E-state index >= 15 is 0 Å². The minimum absolute atomic E-state index is 0.0222. The smallest absolute Gasteiger partial charge is 0.248 e. The Balaban J connectivity index is 1.61. The van der Waals surface area contributed by atoms with Crippen molar-refractivity contribution in [2.45, 2.75) is 25.0 Å². The third kappa shape index (κ3) is 3.26. The van der Waals surface area contributed by atoms with Crippen molar-refractivity contribution in [3.63, 3.8) is 0 Å². The average Bonchev–Trinajstić information content (AvgIpc) is 2.55. The van der Waals surface area contributed by atoms with Crippen LogP contribution in [0.1, 0.15) is 36.1 Å². The summed E-state index contributed by atoms with van der Waals surface area (Å²) in [7, 11) is 0. The van der Waals surface area contributed by atoms with Gasteiger partial charge in [0.05, 0.1) is 19.3 Å². The van der Waals surface area contributed by atoms with Crippen LogP contribution in [-0.4, -0.2) is 43.7 Å². The van der Waals surface area contributed by atoms with Crippen molar-refractivity contribution in [2.24, 2.45) is 5.73 Å². The lowest BCUT2D eigenvalue weighted by Crippen LogP contribution is -2.42. The lowest BCUT2D eigenvalue weighted by Gasteiger charge is -2.31. The highest BCUT2D eigenvalue weighted by molar-refractivity contribution is 5.77. The number of nitrogens with zero attached hydrogens (tertiary/aromatic N) is 1. The zero-order valence-electron chi connectivity index (χ0n) is 12.2. The topological polar surface area (TPSA) is 64.8 Å². The van der Waals surface area contributed by atoms with E-state index < -0.39 is 0 Å². The number of morpholine rings is 1. The summed E-state index contributed by atoms with van der Waals surface area (Å²) in [5, 5.41) is 0. The van der Waals surface area contributed by atoms with E-state index in [0.717, 1.165) is 24.0 Å². The van der Waals surface area contributed by atoms with Gasteiger partial charge in [0.25, 0.3) is 0 Å². The van der Waals surface area contributed by atoms with E-state index in [2.05, 4.69) is 12.1 Å². The molecule has 1 saturated heterocycles. The fraction of sp³-hybridized carbons (Fsp3) is 0.562. The third-order valence-electron chi connectivity index (χ3n) is 4.25. The number of fused-ring (bicyclic) bond motifs is 1. The van der Waals surface area contributed by atoms with Gasteiger partial charge in [-0.1, -0.05) is 24.3 Å². The van der Waals surface area contributed by atoms with Gasteiger partial charge in [0.15, 0.2) is 0 Å². The van der Waals surface area contributed by atoms with Crippen molar-refractivity contribution in [3.05, 3.63) is 35.4 Å². The molecule has 1 aliphatic carbocycles. The van der Waals surface area contributed by atoms with Crippen LogP contribution < -0.4 is 5.73 Å². The van der Waals surface area contributed by atoms with Crippen LogP contribution in [0.25, 0.3) is 0 Å². The van der Waals surface area contributed by atoms with Gasteiger partial charge < -0.3 is 20.1 Å². The van der Waals surface area contributed by atoms with Gasteiger partial charge in [-0.2, -0.15) is 0 Å². The largest absolute Gasteiger partial charge is 0.378 e. The van der Waals surface area contributed by atoms with Gasteiger partial charge in [-0.25, -0.2) is 0 Å². The highest BCUT2D eigenvalue weighted by atomic mass is 16.5. The standard InChI is InChI=1S/C16H22N2O3/c17-14-5-6-15(13-4-2-1-3-12(13)14)21-11-16(19)18-7-9-20-10-8-18/h1-4,14-15H,5-11,17H2/t14-,15+/m0/s1. The number of carbonyl (C=O) groups excluding carboxylic acids is 1. The molecule has 1 fully saturated rings.